The Bertz CT molecular complexity index is 516. The summed E-state index contributed by atoms with van der Waals surface area (Å²) in [7, 11) is -1.55. The molecule has 2 rings (SSSR count). The molecule has 3 N–H and O–H groups in total. The lowest BCUT2D eigenvalue weighted by Crippen LogP contribution is -2.31. The summed E-state index contributed by atoms with van der Waals surface area (Å²) in [6.45, 7) is 3.46. The van der Waals surface area contributed by atoms with E-state index in [4.69, 9.17) is 0 Å². The zero-order chi connectivity index (χ0) is 14.6. The van der Waals surface area contributed by atoms with Gasteiger partial charge < -0.3 is 10.3 Å². The van der Waals surface area contributed by atoms with Crippen molar-refractivity contribution in [1.82, 2.24) is 15.0 Å². The second-order valence-electron chi connectivity index (χ2n) is 5.87. The van der Waals surface area contributed by atoms with Crippen LogP contribution in [0.3, 0.4) is 0 Å². The van der Waals surface area contributed by atoms with Crippen molar-refractivity contribution in [3.05, 3.63) is 18.0 Å². The van der Waals surface area contributed by atoms with Crippen molar-refractivity contribution in [2.45, 2.75) is 44.0 Å². The van der Waals surface area contributed by atoms with Gasteiger partial charge in [-0.15, -0.1) is 0 Å². The van der Waals surface area contributed by atoms with Gasteiger partial charge in [-0.1, -0.05) is 19.8 Å². The Morgan fingerprint density at radius 1 is 1.30 bits per heavy atom. The maximum Gasteiger partial charge on any atom is 0.242 e. The van der Waals surface area contributed by atoms with Gasteiger partial charge in [-0.2, -0.15) is 0 Å². The Morgan fingerprint density at radius 3 is 2.65 bits per heavy atom. The van der Waals surface area contributed by atoms with Crippen molar-refractivity contribution in [2.75, 3.05) is 13.6 Å². The van der Waals surface area contributed by atoms with Crippen LogP contribution in [-0.4, -0.2) is 27.0 Å². The lowest BCUT2D eigenvalue weighted by molar-refractivity contribution is 0.290. The first-order valence-electron chi connectivity index (χ1n) is 7.33. The van der Waals surface area contributed by atoms with Gasteiger partial charge in [-0.05, 0) is 37.8 Å². The summed E-state index contributed by atoms with van der Waals surface area (Å²) in [5.74, 6) is 1.27. The lowest BCUT2D eigenvalue weighted by Gasteiger charge is -2.26. The van der Waals surface area contributed by atoms with Crippen LogP contribution in [0.1, 0.15) is 38.3 Å². The van der Waals surface area contributed by atoms with E-state index in [9.17, 15) is 8.42 Å². The molecule has 20 heavy (non-hydrogen) atoms. The second kappa shape index (κ2) is 6.74. The number of H-pyrrole nitrogens is 1. The molecule has 6 heteroatoms. The van der Waals surface area contributed by atoms with Crippen molar-refractivity contribution >= 4 is 10.0 Å². The minimum Gasteiger partial charge on any atom is -0.363 e. The minimum absolute atomic E-state index is 0.326. The molecule has 0 amide bonds. The number of sulfonamides is 1. The fourth-order valence-corrected chi connectivity index (χ4v) is 3.84. The average Bonchev–Trinajstić information content (AvgIpc) is 2.88. The Kier molecular flexibility index (Phi) is 5.23. The van der Waals surface area contributed by atoms with E-state index in [-0.39, 0.29) is 0 Å². The predicted molar refractivity (Wildman–Crippen MR) is 79.9 cm³/mol. The molecule has 0 aromatic carbocycles. The molecule has 1 aromatic heterocycles. The Balaban J connectivity index is 1.90. The van der Waals surface area contributed by atoms with Crippen LogP contribution in [0.25, 0.3) is 0 Å². The highest BCUT2D eigenvalue weighted by atomic mass is 32.2. The third-order valence-electron chi connectivity index (χ3n) is 4.09. The molecule has 1 aliphatic rings. The highest BCUT2D eigenvalue weighted by Gasteiger charge is 2.21. The van der Waals surface area contributed by atoms with Gasteiger partial charge in [0, 0.05) is 25.0 Å². The van der Waals surface area contributed by atoms with Crippen molar-refractivity contribution in [1.29, 1.82) is 0 Å². The first kappa shape index (κ1) is 15.5. The molecule has 5 nitrogen and oxygen atoms in total. The van der Waals surface area contributed by atoms with Gasteiger partial charge >= 0.3 is 0 Å². The summed E-state index contributed by atoms with van der Waals surface area (Å²) in [4.78, 5) is 3.30. The molecule has 1 saturated carbocycles. The van der Waals surface area contributed by atoms with Gasteiger partial charge in [-0.3, -0.25) is 0 Å². The first-order valence-corrected chi connectivity index (χ1v) is 8.81. The standard InChI is InChI=1S/C14H25N3O2S/c1-11-3-5-12(6-4-11)8-17-20(18,19)14-7-13(9-15-2)16-10-14/h7,10-12,15-17H,3-6,8-9H2,1-2H3. The van der Waals surface area contributed by atoms with Crippen LogP contribution < -0.4 is 10.0 Å². The summed E-state index contributed by atoms with van der Waals surface area (Å²) >= 11 is 0. The SMILES string of the molecule is CNCc1cc(S(=O)(=O)NCC2CCC(C)CC2)c[nH]1. The van der Waals surface area contributed by atoms with Gasteiger partial charge in [0.2, 0.25) is 10.0 Å². The van der Waals surface area contributed by atoms with Crippen LogP contribution >= 0.6 is 0 Å². The van der Waals surface area contributed by atoms with Crippen LogP contribution in [-0.2, 0) is 16.6 Å². The topological polar surface area (TPSA) is 74.0 Å². The van der Waals surface area contributed by atoms with Crippen LogP contribution in [0, 0.1) is 11.8 Å². The third kappa shape index (κ3) is 4.07. The zero-order valence-corrected chi connectivity index (χ0v) is 13.1. The molecule has 0 aliphatic heterocycles. The molecule has 1 aliphatic carbocycles. The highest BCUT2D eigenvalue weighted by Crippen LogP contribution is 2.28. The van der Waals surface area contributed by atoms with Crippen LogP contribution in [0.2, 0.25) is 0 Å². The molecule has 1 aromatic rings. The number of nitrogens with one attached hydrogen (secondary N) is 3. The monoisotopic (exact) mass is 299 g/mol. The lowest BCUT2D eigenvalue weighted by atomic mass is 9.83. The largest absolute Gasteiger partial charge is 0.363 e. The average molecular weight is 299 g/mol. The molecule has 0 unspecified atom stereocenters. The van der Waals surface area contributed by atoms with E-state index in [1.807, 2.05) is 7.05 Å². The van der Waals surface area contributed by atoms with Crippen molar-refractivity contribution < 1.29 is 8.42 Å². The fraction of sp³-hybridized carbons (Fsp3) is 0.714. The minimum atomic E-state index is -3.38. The Hall–Kier alpha value is -0.850. The summed E-state index contributed by atoms with van der Waals surface area (Å²) in [5.41, 5.74) is 0.874. The molecule has 0 saturated heterocycles. The van der Waals surface area contributed by atoms with E-state index in [0.717, 1.165) is 24.5 Å². The number of aromatic nitrogens is 1. The van der Waals surface area contributed by atoms with E-state index in [1.54, 1.807) is 12.3 Å². The molecule has 0 spiro atoms. The summed E-state index contributed by atoms with van der Waals surface area (Å²) in [6.07, 6.45) is 6.23. The molecule has 0 atom stereocenters. The highest BCUT2D eigenvalue weighted by molar-refractivity contribution is 7.89. The van der Waals surface area contributed by atoms with Crippen molar-refractivity contribution in [2.24, 2.45) is 11.8 Å². The van der Waals surface area contributed by atoms with Crippen LogP contribution in [0.4, 0.5) is 0 Å². The molecule has 0 radical (unpaired) electrons. The maximum absolute atomic E-state index is 12.2. The maximum atomic E-state index is 12.2. The normalized spacial score (nSPS) is 23.9. The first-order chi connectivity index (χ1) is 9.51. The number of aromatic amines is 1. The van der Waals surface area contributed by atoms with Crippen LogP contribution in [0.5, 0.6) is 0 Å². The number of hydrogen-bond acceptors (Lipinski definition) is 3. The van der Waals surface area contributed by atoms with Gasteiger partial charge in [0.05, 0.1) is 4.90 Å². The molecular weight excluding hydrogens is 274 g/mol. The van der Waals surface area contributed by atoms with Gasteiger partial charge in [0.15, 0.2) is 0 Å². The summed E-state index contributed by atoms with van der Waals surface area (Å²) in [6, 6.07) is 1.68. The van der Waals surface area contributed by atoms with Gasteiger partial charge in [0.25, 0.3) is 0 Å². The summed E-state index contributed by atoms with van der Waals surface area (Å²) in [5, 5.41) is 2.99. The molecule has 0 bridgehead atoms. The van der Waals surface area contributed by atoms with E-state index in [1.165, 1.54) is 12.8 Å². The third-order valence-corrected chi connectivity index (χ3v) is 5.49. The zero-order valence-electron chi connectivity index (χ0n) is 12.3. The van der Waals surface area contributed by atoms with E-state index < -0.39 is 10.0 Å². The number of rotatable bonds is 6. The summed E-state index contributed by atoms with van der Waals surface area (Å²) < 4.78 is 27.2. The Morgan fingerprint density at radius 2 is 2.00 bits per heavy atom. The smallest absolute Gasteiger partial charge is 0.242 e. The van der Waals surface area contributed by atoms with E-state index in [2.05, 4.69) is 21.9 Å². The Labute approximate surface area is 121 Å². The predicted octanol–water partition coefficient (Wildman–Crippen LogP) is 1.84. The van der Waals surface area contributed by atoms with Gasteiger partial charge in [0.1, 0.15) is 0 Å². The van der Waals surface area contributed by atoms with Gasteiger partial charge in [-0.25, -0.2) is 13.1 Å². The van der Waals surface area contributed by atoms with E-state index >= 15 is 0 Å². The molecule has 1 heterocycles. The number of hydrogen-bond donors (Lipinski definition) is 3. The molecular formula is C14H25N3O2S. The fourth-order valence-electron chi connectivity index (χ4n) is 2.71. The van der Waals surface area contributed by atoms with Crippen molar-refractivity contribution in [3.8, 4) is 0 Å². The van der Waals surface area contributed by atoms with E-state index in [0.29, 0.717) is 23.9 Å². The second-order valence-corrected chi connectivity index (χ2v) is 7.64. The molecule has 1 fully saturated rings. The molecule has 114 valence electrons. The van der Waals surface area contributed by atoms with Crippen LogP contribution in [0.15, 0.2) is 17.2 Å². The van der Waals surface area contributed by atoms with Crippen molar-refractivity contribution in [3.63, 3.8) is 0 Å². The quantitative estimate of drug-likeness (QED) is 0.750.